The lowest BCUT2D eigenvalue weighted by molar-refractivity contribution is -0.157. The molecule has 4 aliphatic carbocycles. The number of carbonyl (C=O) groups is 2. The van der Waals surface area contributed by atoms with Crippen molar-refractivity contribution in [2.45, 2.75) is 44.9 Å². The Kier molecular flexibility index (Phi) is 5.35. The number of hydrogen-bond acceptors (Lipinski definition) is 4. The summed E-state index contributed by atoms with van der Waals surface area (Å²) in [6.45, 7) is 2.64. The molecule has 6 rings (SSSR count). The lowest BCUT2D eigenvalue weighted by Crippen LogP contribution is -2.55. The van der Waals surface area contributed by atoms with E-state index in [0.29, 0.717) is 42.6 Å². The van der Waals surface area contributed by atoms with Gasteiger partial charge in [-0.05, 0) is 74.8 Å². The number of carbonyl (C=O) groups excluding carboxylic acids is 2. The van der Waals surface area contributed by atoms with Crippen LogP contribution in [0.3, 0.4) is 0 Å². The summed E-state index contributed by atoms with van der Waals surface area (Å²) in [5, 5.41) is 0. The zero-order chi connectivity index (χ0) is 21.6. The number of hydrogen-bond donors (Lipinski definition) is 0. The van der Waals surface area contributed by atoms with Crippen molar-refractivity contribution in [3.8, 4) is 11.5 Å². The van der Waals surface area contributed by atoms with Crippen LogP contribution >= 0.6 is 0 Å². The Hall–Kier alpha value is -2.24. The summed E-state index contributed by atoms with van der Waals surface area (Å²) < 4.78 is 10.6. The Balaban J connectivity index is 1.27. The van der Waals surface area contributed by atoms with E-state index in [-0.39, 0.29) is 11.3 Å². The third kappa shape index (κ3) is 3.79. The van der Waals surface area contributed by atoms with Gasteiger partial charge in [0, 0.05) is 37.8 Å². The van der Waals surface area contributed by atoms with Gasteiger partial charge in [0.1, 0.15) is 11.5 Å². The van der Waals surface area contributed by atoms with Gasteiger partial charge < -0.3 is 19.3 Å². The van der Waals surface area contributed by atoms with E-state index in [2.05, 4.69) is 4.90 Å². The summed E-state index contributed by atoms with van der Waals surface area (Å²) in [6, 6.07) is 5.29. The van der Waals surface area contributed by atoms with Crippen LogP contribution in [0.4, 0.5) is 0 Å². The highest BCUT2D eigenvalue weighted by Gasteiger charge is 2.55. The molecule has 1 aliphatic heterocycles. The summed E-state index contributed by atoms with van der Waals surface area (Å²) in [7, 11) is 3.17. The molecular formula is C25H34N2O4. The Bertz CT molecular complexity index is 810. The van der Waals surface area contributed by atoms with Gasteiger partial charge in [-0.2, -0.15) is 0 Å². The quantitative estimate of drug-likeness (QED) is 0.738. The van der Waals surface area contributed by atoms with Gasteiger partial charge in [-0.1, -0.05) is 0 Å². The lowest BCUT2D eigenvalue weighted by Gasteiger charge is -2.56. The maximum Gasteiger partial charge on any atom is 0.254 e. The maximum atomic E-state index is 13.7. The SMILES string of the molecule is COc1cc(OC)cc(C(=O)N2CCCN(C(=O)C34CC5CC(CC(C5)C3)C4)CC2)c1. The van der Waals surface area contributed by atoms with Crippen molar-refractivity contribution < 1.29 is 19.1 Å². The molecule has 0 N–H and O–H groups in total. The summed E-state index contributed by atoms with van der Waals surface area (Å²) in [4.78, 5) is 30.9. The molecule has 168 valence electrons. The minimum absolute atomic E-state index is 0.0266. The molecule has 4 bridgehead atoms. The van der Waals surface area contributed by atoms with Crippen LogP contribution in [-0.2, 0) is 4.79 Å². The van der Waals surface area contributed by atoms with Crippen molar-refractivity contribution in [1.82, 2.24) is 9.80 Å². The average Bonchev–Trinajstić information content (AvgIpc) is 3.03. The number of amides is 2. The van der Waals surface area contributed by atoms with E-state index in [4.69, 9.17) is 9.47 Å². The monoisotopic (exact) mass is 426 g/mol. The number of benzene rings is 1. The second-order valence-corrected chi connectivity index (χ2v) is 10.2. The molecule has 2 amide bonds. The molecule has 1 aromatic carbocycles. The van der Waals surface area contributed by atoms with Gasteiger partial charge in [-0.25, -0.2) is 0 Å². The Morgan fingerprint density at radius 3 is 1.87 bits per heavy atom. The standard InChI is InChI=1S/C25H34N2O4/c1-30-21-11-20(12-22(13-21)31-2)23(28)26-4-3-5-27(7-6-26)24(29)25-14-17-8-18(15-25)10-19(9-17)16-25/h11-13,17-19H,3-10,14-16H2,1-2H3. The fourth-order valence-corrected chi connectivity index (χ4v) is 7.15. The number of ether oxygens (including phenoxy) is 2. The molecule has 0 spiro atoms. The molecule has 1 saturated heterocycles. The van der Waals surface area contributed by atoms with E-state index in [1.807, 2.05) is 4.90 Å². The number of rotatable bonds is 4. The molecule has 0 aromatic heterocycles. The van der Waals surface area contributed by atoms with Gasteiger partial charge in [-0.15, -0.1) is 0 Å². The Labute approximate surface area is 184 Å². The molecule has 1 heterocycles. The van der Waals surface area contributed by atoms with Crippen molar-refractivity contribution in [3.05, 3.63) is 23.8 Å². The van der Waals surface area contributed by atoms with Gasteiger partial charge in [0.25, 0.3) is 5.91 Å². The van der Waals surface area contributed by atoms with Crippen molar-refractivity contribution in [3.63, 3.8) is 0 Å². The predicted molar refractivity (Wildman–Crippen MR) is 117 cm³/mol. The minimum atomic E-state index is -0.103. The van der Waals surface area contributed by atoms with Crippen molar-refractivity contribution in [2.75, 3.05) is 40.4 Å². The lowest BCUT2D eigenvalue weighted by atomic mass is 9.49. The summed E-state index contributed by atoms with van der Waals surface area (Å²) in [5.74, 6) is 3.87. The van der Waals surface area contributed by atoms with Crippen LogP contribution in [0.2, 0.25) is 0 Å². The fourth-order valence-electron chi connectivity index (χ4n) is 7.15. The smallest absolute Gasteiger partial charge is 0.254 e. The number of nitrogens with zero attached hydrogens (tertiary/aromatic N) is 2. The third-order valence-electron chi connectivity index (χ3n) is 8.16. The highest BCUT2D eigenvalue weighted by molar-refractivity contribution is 5.95. The van der Waals surface area contributed by atoms with Crippen LogP contribution in [-0.4, -0.2) is 62.0 Å². The highest BCUT2D eigenvalue weighted by Crippen LogP contribution is 2.60. The molecule has 4 saturated carbocycles. The summed E-state index contributed by atoms with van der Waals surface area (Å²) in [6.07, 6.45) is 8.16. The van der Waals surface area contributed by atoms with Gasteiger partial charge >= 0.3 is 0 Å². The largest absolute Gasteiger partial charge is 0.497 e. The molecule has 0 unspecified atom stereocenters. The summed E-state index contributed by atoms with van der Waals surface area (Å²) >= 11 is 0. The van der Waals surface area contributed by atoms with Gasteiger partial charge in [0.05, 0.1) is 19.6 Å². The molecule has 31 heavy (non-hydrogen) atoms. The van der Waals surface area contributed by atoms with E-state index in [1.165, 1.54) is 19.3 Å². The van der Waals surface area contributed by atoms with Crippen LogP contribution < -0.4 is 9.47 Å². The minimum Gasteiger partial charge on any atom is -0.497 e. The molecule has 0 radical (unpaired) electrons. The average molecular weight is 427 g/mol. The first-order chi connectivity index (χ1) is 15.0. The van der Waals surface area contributed by atoms with Crippen molar-refractivity contribution in [2.24, 2.45) is 23.2 Å². The van der Waals surface area contributed by atoms with E-state index < -0.39 is 0 Å². The summed E-state index contributed by atoms with van der Waals surface area (Å²) in [5.41, 5.74) is 0.464. The zero-order valence-electron chi connectivity index (χ0n) is 18.8. The van der Waals surface area contributed by atoms with E-state index in [9.17, 15) is 9.59 Å². The van der Waals surface area contributed by atoms with Gasteiger partial charge in [0.2, 0.25) is 5.91 Å². The molecule has 1 aromatic rings. The van der Waals surface area contributed by atoms with Gasteiger partial charge in [-0.3, -0.25) is 9.59 Å². The van der Waals surface area contributed by atoms with Crippen LogP contribution in [0.5, 0.6) is 11.5 Å². The Morgan fingerprint density at radius 2 is 1.32 bits per heavy atom. The van der Waals surface area contributed by atoms with E-state index in [0.717, 1.165) is 50.0 Å². The van der Waals surface area contributed by atoms with Crippen LogP contribution in [0.15, 0.2) is 18.2 Å². The number of methoxy groups -OCH3 is 2. The first-order valence-electron chi connectivity index (χ1n) is 11.8. The fraction of sp³-hybridized carbons (Fsp3) is 0.680. The second kappa shape index (κ2) is 8.03. The van der Waals surface area contributed by atoms with Crippen molar-refractivity contribution >= 4 is 11.8 Å². The molecule has 5 fully saturated rings. The zero-order valence-corrected chi connectivity index (χ0v) is 18.8. The van der Waals surface area contributed by atoms with Crippen LogP contribution in [0.1, 0.15) is 55.3 Å². The predicted octanol–water partition coefficient (Wildman–Crippen LogP) is 3.59. The highest BCUT2D eigenvalue weighted by atomic mass is 16.5. The van der Waals surface area contributed by atoms with Crippen molar-refractivity contribution in [1.29, 1.82) is 0 Å². The molecule has 6 nitrogen and oxygen atoms in total. The second-order valence-electron chi connectivity index (χ2n) is 10.2. The molecule has 6 heteroatoms. The van der Waals surface area contributed by atoms with Crippen LogP contribution in [0.25, 0.3) is 0 Å². The molecular weight excluding hydrogens is 392 g/mol. The molecule has 0 atom stereocenters. The third-order valence-corrected chi connectivity index (χ3v) is 8.16. The Morgan fingerprint density at radius 1 is 0.806 bits per heavy atom. The normalized spacial score (nSPS) is 32.0. The van der Waals surface area contributed by atoms with Gasteiger partial charge in [0.15, 0.2) is 0 Å². The maximum absolute atomic E-state index is 13.7. The molecule has 5 aliphatic rings. The van der Waals surface area contributed by atoms with Crippen LogP contribution in [0, 0.1) is 23.2 Å². The first-order valence-corrected chi connectivity index (χ1v) is 11.8. The topological polar surface area (TPSA) is 59.1 Å². The van der Waals surface area contributed by atoms with E-state index in [1.54, 1.807) is 32.4 Å². The first kappa shape index (κ1) is 20.7. The van der Waals surface area contributed by atoms with E-state index >= 15 is 0 Å².